The van der Waals surface area contributed by atoms with Crippen molar-refractivity contribution in [1.82, 2.24) is 0 Å². The van der Waals surface area contributed by atoms with Gasteiger partial charge in [0.05, 0.1) is 6.42 Å². The highest BCUT2D eigenvalue weighted by Gasteiger charge is 2.24. The molecule has 0 aromatic heterocycles. The van der Waals surface area contributed by atoms with Crippen molar-refractivity contribution in [2.75, 3.05) is 0 Å². The summed E-state index contributed by atoms with van der Waals surface area (Å²) >= 11 is 0. The third kappa shape index (κ3) is 4.78. The Bertz CT molecular complexity index is 150. The van der Waals surface area contributed by atoms with Gasteiger partial charge in [0.1, 0.15) is 0 Å². The van der Waals surface area contributed by atoms with Gasteiger partial charge < -0.3 is 5.48 Å². The average molecular weight is 190 g/mol. The van der Waals surface area contributed by atoms with Gasteiger partial charge >= 0.3 is 0 Å². The average Bonchev–Trinajstić information content (AvgIpc) is 1.87. The van der Waals surface area contributed by atoms with Gasteiger partial charge in [-0.3, -0.25) is 9.59 Å². The van der Waals surface area contributed by atoms with E-state index in [-0.39, 0.29) is 5.48 Å². The fraction of sp³-hybridized carbons (Fsp3) is 0.600. The monoisotopic (exact) mass is 190 g/mol. The van der Waals surface area contributed by atoms with Crippen molar-refractivity contribution in [2.45, 2.75) is 19.3 Å². The Hall–Kier alpha value is -0.980. The van der Waals surface area contributed by atoms with Gasteiger partial charge in [-0.25, -0.2) is 17.6 Å². The summed E-state index contributed by atoms with van der Waals surface area (Å²) in [5.74, 6) is -3.54. The normalized spacial score (nSPS) is 9.83. The maximum Gasteiger partial charge on any atom is 0.296 e. The van der Waals surface area contributed by atoms with Crippen LogP contribution in [0.2, 0.25) is 0 Å². The van der Waals surface area contributed by atoms with Crippen LogP contribution < -0.4 is 0 Å². The molecule has 0 radical (unpaired) electrons. The summed E-state index contributed by atoms with van der Waals surface area (Å²) in [4.78, 5) is 19.9. The minimum absolute atomic E-state index is 0. The molecule has 0 saturated carbocycles. The number of carbonyl (C=O) groups is 2. The Balaban J connectivity index is 0. The first-order valence-electron chi connectivity index (χ1n) is 2.57. The van der Waals surface area contributed by atoms with E-state index in [9.17, 15) is 27.2 Å². The van der Waals surface area contributed by atoms with E-state index in [1.165, 1.54) is 0 Å². The van der Waals surface area contributed by atoms with E-state index in [0.29, 0.717) is 0 Å². The molecule has 0 aliphatic rings. The number of carbonyl (C=O) groups excluding carboxylic acids is 2. The van der Waals surface area contributed by atoms with E-state index in [2.05, 4.69) is 0 Å². The van der Waals surface area contributed by atoms with Gasteiger partial charge in [0.15, 0.2) is 0 Å². The van der Waals surface area contributed by atoms with Gasteiger partial charge in [-0.1, -0.05) is 0 Å². The summed E-state index contributed by atoms with van der Waals surface area (Å²) < 4.78 is 45.2. The molecule has 0 saturated heterocycles. The second-order valence-electron chi connectivity index (χ2n) is 1.71. The first-order chi connectivity index (χ1) is 4.95. The van der Waals surface area contributed by atoms with Crippen molar-refractivity contribution in [3.05, 3.63) is 0 Å². The Morgan fingerprint density at radius 3 is 1.33 bits per heavy atom. The van der Waals surface area contributed by atoms with Crippen LogP contribution in [0, 0.1) is 0 Å². The van der Waals surface area contributed by atoms with E-state index < -0.39 is 30.8 Å². The van der Waals surface area contributed by atoms with Gasteiger partial charge in [0.2, 0.25) is 11.6 Å². The second kappa shape index (κ2) is 5.64. The third-order valence-electron chi connectivity index (χ3n) is 0.835. The van der Waals surface area contributed by atoms with E-state index in [1.807, 2.05) is 0 Å². The molecule has 72 valence electrons. The van der Waals surface area contributed by atoms with Gasteiger partial charge in [0.25, 0.3) is 12.9 Å². The van der Waals surface area contributed by atoms with Gasteiger partial charge in [-0.05, 0) is 0 Å². The van der Waals surface area contributed by atoms with Gasteiger partial charge in [-0.15, -0.1) is 0 Å². The van der Waals surface area contributed by atoms with Crippen LogP contribution in [0.3, 0.4) is 0 Å². The molecular weight excluding hydrogens is 184 g/mol. The van der Waals surface area contributed by atoms with E-state index in [1.54, 1.807) is 0 Å². The molecule has 0 rings (SSSR count). The third-order valence-corrected chi connectivity index (χ3v) is 0.835. The largest absolute Gasteiger partial charge is 0.412 e. The molecular formula is C5H6F4O3. The Morgan fingerprint density at radius 1 is 0.917 bits per heavy atom. The molecule has 0 aromatic rings. The zero-order chi connectivity index (χ0) is 9.02. The maximum absolute atomic E-state index is 11.3. The number of rotatable bonds is 4. The van der Waals surface area contributed by atoms with E-state index >= 15 is 0 Å². The summed E-state index contributed by atoms with van der Waals surface area (Å²) in [6.07, 6.45) is -8.09. The number of alkyl halides is 4. The lowest BCUT2D eigenvalue weighted by Crippen LogP contribution is -2.19. The first-order valence-corrected chi connectivity index (χ1v) is 2.57. The molecule has 7 heteroatoms. The second-order valence-corrected chi connectivity index (χ2v) is 1.71. The Kier molecular flexibility index (Phi) is 6.39. The first kappa shape index (κ1) is 13.6. The van der Waals surface area contributed by atoms with Crippen molar-refractivity contribution >= 4 is 11.6 Å². The van der Waals surface area contributed by atoms with Crippen LogP contribution in [0.1, 0.15) is 6.42 Å². The highest BCUT2D eigenvalue weighted by atomic mass is 19.3. The Morgan fingerprint density at radius 2 is 1.17 bits per heavy atom. The minimum atomic E-state index is -3.35. The number of Topliss-reactive ketones (excluding diaryl/α,β-unsaturated/α-hetero) is 2. The maximum atomic E-state index is 11.3. The van der Waals surface area contributed by atoms with Crippen molar-refractivity contribution in [3.8, 4) is 0 Å². The predicted molar refractivity (Wildman–Crippen MR) is 30.3 cm³/mol. The van der Waals surface area contributed by atoms with Crippen LogP contribution in [0.15, 0.2) is 0 Å². The van der Waals surface area contributed by atoms with Crippen LogP contribution in [-0.2, 0) is 9.59 Å². The topological polar surface area (TPSA) is 65.6 Å². The summed E-state index contributed by atoms with van der Waals surface area (Å²) in [5.41, 5.74) is 0. The molecule has 0 aromatic carbocycles. The van der Waals surface area contributed by atoms with Crippen LogP contribution in [0.25, 0.3) is 0 Å². The van der Waals surface area contributed by atoms with Crippen molar-refractivity contribution in [2.24, 2.45) is 0 Å². The molecule has 2 N–H and O–H groups in total. The quantitative estimate of drug-likeness (QED) is 0.470. The summed E-state index contributed by atoms with van der Waals surface area (Å²) in [7, 11) is 0. The zero-order valence-corrected chi connectivity index (χ0v) is 5.69. The summed E-state index contributed by atoms with van der Waals surface area (Å²) in [6, 6.07) is 0. The fourth-order valence-corrected chi connectivity index (χ4v) is 0.326. The molecule has 0 aliphatic carbocycles. The Labute approximate surface area is 64.7 Å². The summed E-state index contributed by atoms with van der Waals surface area (Å²) in [6.45, 7) is 0. The molecule has 0 unspecified atom stereocenters. The van der Waals surface area contributed by atoms with E-state index in [4.69, 9.17) is 0 Å². The smallest absolute Gasteiger partial charge is 0.296 e. The molecule has 0 bridgehead atoms. The van der Waals surface area contributed by atoms with Crippen molar-refractivity contribution < 1.29 is 32.6 Å². The SMILES string of the molecule is O.O=C(CC(=O)C(F)F)C(F)F. The molecule has 0 atom stereocenters. The van der Waals surface area contributed by atoms with Gasteiger partial charge in [-0.2, -0.15) is 0 Å². The minimum Gasteiger partial charge on any atom is -0.412 e. The molecule has 0 amide bonds. The number of ketones is 2. The van der Waals surface area contributed by atoms with Crippen LogP contribution in [0.4, 0.5) is 17.6 Å². The van der Waals surface area contributed by atoms with Crippen molar-refractivity contribution in [3.63, 3.8) is 0 Å². The highest BCUT2D eigenvalue weighted by Crippen LogP contribution is 2.03. The molecule has 0 heterocycles. The van der Waals surface area contributed by atoms with Crippen LogP contribution in [-0.4, -0.2) is 29.9 Å². The highest BCUT2D eigenvalue weighted by molar-refractivity contribution is 6.01. The van der Waals surface area contributed by atoms with E-state index in [0.717, 1.165) is 0 Å². The molecule has 0 spiro atoms. The lowest BCUT2D eigenvalue weighted by atomic mass is 10.2. The van der Waals surface area contributed by atoms with Crippen LogP contribution in [0.5, 0.6) is 0 Å². The molecule has 12 heavy (non-hydrogen) atoms. The lowest BCUT2D eigenvalue weighted by molar-refractivity contribution is -0.138. The molecule has 0 aliphatic heterocycles. The lowest BCUT2D eigenvalue weighted by Gasteiger charge is -1.96. The molecule has 3 nitrogen and oxygen atoms in total. The molecule has 0 fully saturated rings. The van der Waals surface area contributed by atoms with Crippen molar-refractivity contribution in [1.29, 1.82) is 0 Å². The number of hydrogen-bond acceptors (Lipinski definition) is 2. The fourth-order valence-electron chi connectivity index (χ4n) is 0.326. The predicted octanol–water partition coefficient (Wildman–Crippen LogP) is 0.220. The number of halogens is 4. The number of hydrogen-bond donors (Lipinski definition) is 0. The van der Waals surface area contributed by atoms with Crippen LogP contribution >= 0.6 is 0 Å². The zero-order valence-electron chi connectivity index (χ0n) is 5.69. The standard InChI is InChI=1S/C5H4F4O2.H2O/c6-4(7)2(10)1-3(11)5(8)9;/h4-5H,1H2;1H2. The van der Waals surface area contributed by atoms with Gasteiger partial charge in [0, 0.05) is 0 Å². The summed E-state index contributed by atoms with van der Waals surface area (Å²) in [5, 5.41) is 0.